The zero-order chi connectivity index (χ0) is 14.1. The normalized spacial score (nSPS) is 54.5. The molecule has 1 heterocycles. The van der Waals surface area contributed by atoms with Crippen molar-refractivity contribution in [2.24, 2.45) is 29.6 Å². The Labute approximate surface area is 124 Å². The van der Waals surface area contributed by atoms with Crippen molar-refractivity contribution < 1.29 is 0 Å². The maximum absolute atomic E-state index is 3.85. The van der Waals surface area contributed by atoms with Gasteiger partial charge in [-0.15, -0.1) is 0 Å². The van der Waals surface area contributed by atoms with E-state index in [1.54, 1.807) is 19.3 Å². The van der Waals surface area contributed by atoms with Crippen LogP contribution in [-0.4, -0.2) is 35.6 Å². The first kappa shape index (κ1) is 13.6. The maximum Gasteiger partial charge on any atom is 0.0278 e. The molecule has 4 fully saturated rings. The number of fused-ring (bicyclic) bond motifs is 5. The van der Waals surface area contributed by atoms with Gasteiger partial charge in [0.2, 0.25) is 0 Å². The van der Waals surface area contributed by atoms with Gasteiger partial charge in [-0.2, -0.15) is 0 Å². The maximum atomic E-state index is 3.85. The second-order valence-corrected chi connectivity index (χ2v) is 8.76. The number of rotatable bonds is 3. The van der Waals surface area contributed by atoms with E-state index in [4.69, 9.17) is 0 Å². The van der Waals surface area contributed by atoms with Gasteiger partial charge in [0.25, 0.3) is 0 Å². The van der Waals surface area contributed by atoms with E-state index in [1.807, 2.05) is 0 Å². The summed E-state index contributed by atoms with van der Waals surface area (Å²) in [6.07, 6.45) is 5.93. The van der Waals surface area contributed by atoms with Crippen LogP contribution in [0.25, 0.3) is 0 Å². The van der Waals surface area contributed by atoms with Gasteiger partial charge in [-0.3, -0.25) is 4.90 Å². The molecule has 0 aromatic heterocycles. The molecular weight excluding hydrogens is 244 g/mol. The summed E-state index contributed by atoms with van der Waals surface area (Å²) in [5.41, 5.74) is 0.349. The SMILES string of the molecule is CCC1(C)CN(C2C3C4CCC(C4)C32)C(C(C)C)CN1. The van der Waals surface area contributed by atoms with Crippen molar-refractivity contribution in [3.63, 3.8) is 0 Å². The van der Waals surface area contributed by atoms with Crippen molar-refractivity contribution in [1.29, 1.82) is 0 Å². The summed E-state index contributed by atoms with van der Waals surface area (Å²) in [4.78, 5) is 2.96. The minimum Gasteiger partial charge on any atom is -0.309 e. The third kappa shape index (κ3) is 1.83. The molecule has 4 rings (SSSR count). The van der Waals surface area contributed by atoms with E-state index in [-0.39, 0.29) is 0 Å². The zero-order valence-corrected chi connectivity index (χ0v) is 13.7. The fourth-order valence-corrected chi connectivity index (χ4v) is 5.95. The topological polar surface area (TPSA) is 15.3 Å². The zero-order valence-electron chi connectivity index (χ0n) is 13.7. The van der Waals surface area contributed by atoms with Gasteiger partial charge in [-0.25, -0.2) is 0 Å². The second-order valence-electron chi connectivity index (χ2n) is 8.76. The van der Waals surface area contributed by atoms with E-state index in [2.05, 4.69) is 37.9 Å². The highest BCUT2D eigenvalue weighted by Gasteiger charge is 2.67. The Morgan fingerprint density at radius 1 is 1.20 bits per heavy atom. The summed E-state index contributed by atoms with van der Waals surface area (Å²) in [5.74, 6) is 5.17. The monoisotopic (exact) mass is 276 g/mol. The number of piperazine rings is 1. The molecule has 114 valence electrons. The molecule has 2 bridgehead atoms. The Balaban J connectivity index is 1.54. The van der Waals surface area contributed by atoms with Crippen molar-refractivity contribution in [3.8, 4) is 0 Å². The fourth-order valence-electron chi connectivity index (χ4n) is 5.95. The van der Waals surface area contributed by atoms with Gasteiger partial charge in [0.15, 0.2) is 0 Å². The van der Waals surface area contributed by atoms with Gasteiger partial charge in [-0.05, 0) is 62.2 Å². The Bertz CT molecular complexity index is 377. The largest absolute Gasteiger partial charge is 0.309 e. The predicted molar refractivity (Wildman–Crippen MR) is 83.6 cm³/mol. The molecule has 2 heteroatoms. The molecule has 6 unspecified atom stereocenters. The first-order valence-electron chi connectivity index (χ1n) is 9.05. The molecule has 4 aliphatic rings. The number of hydrogen-bond donors (Lipinski definition) is 1. The van der Waals surface area contributed by atoms with Crippen LogP contribution in [0.4, 0.5) is 0 Å². The molecule has 0 radical (unpaired) electrons. The summed E-state index contributed by atoms with van der Waals surface area (Å²) < 4.78 is 0. The molecule has 0 spiro atoms. The van der Waals surface area contributed by atoms with E-state index >= 15 is 0 Å². The Hall–Kier alpha value is -0.0800. The van der Waals surface area contributed by atoms with Gasteiger partial charge in [-0.1, -0.05) is 20.8 Å². The fraction of sp³-hybridized carbons (Fsp3) is 1.00. The standard InChI is InChI=1S/C18H32N2/c1-5-18(4)10-20(14(9-19-18)11(2)3)17-15-12-6-7-13(8-12)16(15)17/h11-17,19H,5-10H2,1-4H3. The van der Waals surface area contributed by atoms with Gasteiger partial charge in [0, 0.05) is 30.7 Å². The van der Waals surface area contributed by atoms with Crippen molar-refractivity contribution >= 4 is 0 Å². The number of nitrogens with zero attached hydrogens (tertiary/aromatic N) is 1. The van der Waals surface area contributed by atoms with Gasteiger partial charge < -0.3 is 5.32 Å². The van der Waals surface area contributed by atoms with E-state index < -0.39 is 0 Å². The predicted octanol–water partition coefficient (Wildman–Crippen LogP) is 3.13. The van der Waals surface area contributed by atoms with Crippen LogP contribution in [0.2, 0.25) is 0 Å². The quantitative estimate of drug-likeness (QED) is 0.852. The molecular formula is C18H32N2. The van der Waals surface area contributed by atoms with Crippen LogP contribution in [0.15, 0.2) is 0 Å². The molecule has 1 saturated heterocycles. The third-order valence-corrected chi connectivity index (χ3v) is 7.32. The molecule has 20 heavy (non-hydrogen) atoms. The van der Waals surface area contributed by atoms with Crippen molar-refractivity contribution in [1.82, 2.24) is 10.2 Å². The molecule has 1 N–H and O–H groups in total. The number of nitrogens with one attached hydrogen (secondary N) is 1. The minimum atomic E-state index is 0.349. The lowest BCUT2D eigenvalue weighted by molar-refractivity contribution is 0.0399. The summed E-state index contributed by atoms with van der Waals surface area (Å²) in [5, 5.41) is 3.85. The molecule has 0 aromatic rings. The van der Waals surface area contributed by atoms with E-state index in [0.29, 0.717) is 5.54 Å². The van der Waals surface area contributed by atoms with E-state index in [9.17, 15) is 0 Å². The summed E-state index contributed by atoms with van der Waals surface area (Å²) in [6.45, 7) is 12.1. The van der Waals surface area contributed by atoms with Crippen LogP contribution in [0, 0.1) is 29.6 Å². The molecule has 0 aromatic carbocycles. The average Bonchev–Trinajstić information content (AvgIpc) is 2.86. The third-order valence-electron chi connectivity index (χ3n) is 7.32. The molecule has 3 saturated carbocycles. The Kier molecular flexibility index (Phi) is 3.03. The molecule has 6 atom stereocenters. The highest BCUT2D eigenvalue weighted by atomic mass is 15.3. The van der Waals surface area contributed by atoms with E-state index in [0.717, 1.165) is 41.7 Å². The van der Waals surface area contributed by atoms with Crippen LogP contribution in [0.1, 0.15) is 53.4 Å². The van der Waals surface area contributed by atoms with Gasteiger partial charge >= 0.3 is 0 Å². The van der Waals surface area contributed by atoms with Crippen LogP contribution >= 0.6 is 0 Å². The first-order valence-corrected chi connectivity index (χ1v) is 9.05. The van der Waals surface area contributed by atoms with Crippen LogP contribution in [0.5, 0.6) is 0 Å². The average molecular weight is 276 g/mol. The highest BCUT2D eigenvalue weighted by Crippen LogP contribution is 2.67. The second kappa shape index (κ2) is 4.46. The van der Waals surface area contributed by atoms with Crippen LogP contribution < -0.4 is 5.32 Å². The van der Waals surface area contributed by atoms with Crippen LogP contribution in [-0.2, 0) is 0 Å². The number of hydrogen-bond acceptors (Lipinski definition) is 2. The summed E-state index contributed by atoms with van der Waals surface area (Å²) >= 11 is 0. The smallest absolute Gasteiger partial charge is 0.0278 e. The first-order chi connectivity index (χ1) is 9.54. The Morgan fingerprint density at radius 2 is 1.85 bits per heavy atom. The lowest BCUT2D eigenvalue weighted by Crippen LogP contribution is -2.65. The van der Waals surface area contributed by atoms with Crippen LogP contribution in [0.3, 0.4) is 0 Å². The van der Waals surface area contributed by atoms with Gasteiger partial charge in [0.05, 0.1) is 0 Å². The lowest BCUT2D eigenvalue weighted by atomic mass is 9.89. The molecule has 2 nitrogen and oxygen atoms in total. The van der Waals surface area contributed by atoms with Gasteiger partial charge in [0.1, 0.15) is 0 Å². The van der Waals surface area contributed by atoms with E-state index in [1.165, 1.54) is 19.5 Å². The lowest BCUT2D eigenvalue weighted by Gasteiger charge is -2.48. The molecule has 0 amide bonds. The highest BCUT2D eigenvalue weighted by molar-refractivity contribution is 5.19. The van der Waals surface area contributed by atoms with Crippen molar-refractivity contribution in [2.75, 3.05) is 13.1 Å². The summed E-state index contributed by atoms with van der Waals surface area (Å²) in [6, 6.07) is 1.73. The summed E-state index contributed by atoms with van der Waals surface area (Å²) in [7, 11) is 0. The van der Waals surface area contributed by atoms with Crippen molar-refractivity contribution in [3.05, 3.63) is 0 Å². The minimum absolute atomic E-state index is 0.349. The van der Waals surface area contributed by atoms with Crippen molar-refractivity contribution in [2.45, 2.75) is 71.0 Å². The molecule has 3 aliphatic carbocycles. The molecule has 1 aliphatic heterocycles. The Morgan fingerprint density at radius 3 is 2.40 bits per heavy atom.